The third-order valence-corrected chi connectivity index (χ3v) is 2.39. The quantitative estimate of drug-likeness (QED) is 0.567. The van der Waals surface area contributed by atoms with E-state index in [4.69, 9.17) is 9.84 Å². The third kappa shape index (κ3) is 3.76. The van der Waals surface area contributed by atoms with Gasteiger partial charge in [0.1, 0.15) is 6.33 Å². The number of carboxylic acids is 1. The maximum atomic E-state index is 11.0. The van der Waals surface area contributed by atoms with Crippen molar-refractivity contribution in [3.8, 4) is 5.88 Å². The molecule has 0 aromatic carbocycles. The van der Waals surface area contributed by atoms with Crippen LogP contribution in [0.1, 0.15) is 12.8 Å². The summed E-state index contributed by atoms with van der Waals surface area (Å²) in [6.45, 7) is 0.327. The first-order chi connectivity index (χ1) is 8.97. The van der Waals surface area contributed by atoms with Crippen molar-refractivity contribution in [2.75, 3.05) is 25.6 Å². The Balaban J connectivity index is 2.92. The molecule has 0 aliphatic carbocycles. The van der Waals surface area contributed by atoms with Gasteiger partial charge in [-0.05, 0) is 6.42 Å². The molecule has 1 aromatic heterocycles. The zero-order chi connectivity index (χ0) is 14.4. The number of aliphatic carboxylic acids is 1. The van der Waals surface area contributed by atoms with E-state index in [9.17, 15) is 14.9 Å². The van der Waals surface area contributed by atoms with Crippen LogP contribution in [0.4, 0.5) is 11.5 Å². The molecule has 1 N–H and O–H groups in total. The number of aromatic nitrogens is 2. The van der Waals surface area contributed by atoms with Gasteiger partial charge in [0.15, 0.2) is 0 Å². The molecular formula is C10H14N4O5. The normalized spacial score (nSPS) is 10.0. The maximum absolute atomic E-state index is 11.0. The molecule has 1 rings (SSSR count). The number of anilines is 1. The van der Waals surface area contributed by atoms with Crippen LogP contribution < -0.4 is 9.64 Å². The number of carboxylic acid groups (broad SMARTS) is 1. The molecular weight excluding hydrogens is 256 g/mol. The van der Waals surface area contributed by atoms with Crippen molar-refractivity contribution in [2.45, 2.75) is 12.8 Å². The summed E-state index contributed by atoms with van der Waals surface area (Å²) < 4.78 is 4.83. The molecule has 0 saturated carbocycles. The minimum absolute atomic E-state index is 0.0135. The van der Waals surface area contributed by atoms with Gasteiger partial charge in [0.2, 0.25) is 5.82 Å². The van der Waals surface area contributed by atoms with Gasteiger partial charge in [0.05, 0.1) is 12.0 Å². The van der Waals surface area contributed by atoms with Crippen LogP contribution in [-0.4, -0.2) is 46.7 Å². The SMILES string of the molecule is COc1ncnc(N(C)CCCC(=O)O)c1[N+](=O)[O-]. The van der Waals surface area contributed by atoms with Crippen molar-refractivity contribution in [1.82, 2.24) is 9.97 Å². The van der Waals surface area contributed by atoms with Gasteiger partial charge in [-0.3, -0.25) is 14.9 Å². The fraction of sp³-hybridized carbons (Fsp3) is 0.500. The van der Waals surface area contributed by atoms with Crippen LogP contribution in [0.5, 0.6) is 5.88 Å². The highest BCUT2D eigenvalue weighted by atomic mass is 16.6. The van der Waals surface area contributed by atoms with Gasteiger partial charge in [-0.25, -0.2) is 4.98 Å². The molecule has 0 amide bonds. The highest BCUT2D eigenvalue weighted by Crippen LogP contribution is 2.32. The van der Waals surface area contributed by atoms with Gasteiger partial charge in [-0.1, -0.05) is 0 Å². The first-order valence-electron chi connectivity index (χ1n) is 5.43. The number of nitrogens with zero attached hydrogens (tertiary/aromatic N) is 4. The summed E-state index contributed by atoms with van der Waals surface area (Å²) in [6, 6.07) is 0. The highest BCUT2D eigenvalue weighted by Gasteiger charge is 2.26. The first kappa shape index (κ1) is 14.6. The number of carbonyl (C=O) groups is 1. The van der Waals surface area contributed by atoms with Crippen LogP contribution >= 0.6 is 0 Å². The molecule has 1 heterocycles. The predicted octanol–water partition coefficient (Wildman–Crippen LogP) is 0.694. The second-order valence-electron chi connectivity index (χ2n) is 3.73. The summed E-state index contributed by atoms with van der Waals surface area (Å²) >= 11 is 0. The Labute approximate surface area is 109 Å². The molecule has 9 nitrogen and oxygen atoms in total. The molecule has 9 heteroatoms. The van der Waals surface area contributed by atoms with Crippen LogP contribution in [0.25, 0.3) is 0 Å². The average molecular weight is 270 g/mol. The van der Waals surface area contributed by atoms with Gasteiger partial charge < -0.3 is 14.7 Å². The molecule has 104 valence electrons. The molecule has 0 spiro atoms. The van der Waals surface area contributed by atoms with Crippen LogP contribution in [0, 0.1) is 10.1 Å². The smallest absolute Gasteiger partial charge is 0.372 e. The summed E-state index contributed by atoms with van der Waals surface area (Å²) in [6.07, 6.45) is 1.50. The number of rotatable bonds is 7. The van der Waals surface area contributed by atoms with E-state index >= 15 is 0 Å². The van der Waals surface area contributed by atoms with E-state index in [1.807, 2.05) is 0 Å². The van der Waals surface area contributed by atoms with Crippen molar-refractivity contribution in [3.05, 3.63) is 16.4 Å². The first-order valence-corrected chi connectivity index (χ1v) is 5.43. The van der Waals surface area contributed by atoms with Gasteiger partial charge >= 0.3 is 11.7 Å². The lowest BCUT2D eigenvalue weighted by Gasteiger charge is -2.17. The summed E-state index contributed by atoms with van der Waals surface area (Å²) in [7, 11) is 2.88. The van der Waals surface area contributed by atoms with E-state index in [-0.39, 0.29) is 23.8 Å². The molecule has 0 radical (unpaired) electrons. The molecule has 0 bridgehead atoms. The van der Waals surface area contributed by atoms with E-state index in [2.05, 4.69) is 9.97 Å². The van der Waals surface area contributed by atoms with Crippen molar-refractivity contribution in [1.29, 1.82) is 0 Å². The van der Waals surface area contributed by atoms with Crippen molar-refractivity contribution < 1.29 is 19.6 Å². The molecule has 0 saturated heterocycles. The van der Waals surface area contributed by atoms with Gasteiger partial charge in [0.25, 0.3) is 5.88 Å². The minimum Gasteiger partial charge on any atom is -0.481 e. The summed E-state index contributed by atoms with van der Waals surface area (Å²) in [5, 5.41) is 19.6. The van der Waals surface area contributed by atoms with Crippen LogP contribution in [0.15, 0.2) is 6.33 Å². The number of nitro groups is 1. The van der Waals surface area contributed by atoms with E-state index in [0.717, 1.165) is 6.33 Å². The summed E-state index contributed by atoms with van der Waals surface area (Å²) in [5.74, 6) is -0.939. The zero-order valence-electron chi connectivity index (χ0n) is 10.6. The molecule has 0 unspecified atom stereocenters. The highest BCUT2D eigenvalue weighted by molar-refractivity contribution is 5.67. The van der Waals surface area contributed by atoms with E-state index in [1.54, 1.807) is 7.05 Å². The number of hydrogen-bond acceptors (Lipinski definition) is 7. The molecule has 0 atom stereocenters. The summed E-state index contributed by atoms with van der Waals surface area (Å²) in [5.41, 5.74) is -0.331. The monoisotopic (exact) mass is 270 g/mol. The van der Waals surface area contributed by atoms with Crippen molar-refractivity contribution in [3.63, 3.8) is 0 Å². The molecule has 0 fully saturated rings. The Morgan fingerprint density at radius 2 is 2.26 bits per heavy atom. The van der Waals surface area contributed by atoms with Gasteiger partial charge in [-0.15, -0.1) is 0 Å². The standard InChI is InChI=1S/C10H14N4O5/c1-13(5-3-4-7(15)16)9-8(14(17)18)10(19-2)12-6-11-9/h6H,3-5H2,1-2H3,(H,15,16). The van der Waals surface area contributed by atoms with E-state index < -0.39 is 10.9 Å². The van der Waals surface area contributed by atoms with Gasteiger partial charge in [0, 0.05) is 20.0 Å². The van der Waals surface area contributed by atoms with Gasteiger partial charge in [-0.2, -0.15) is 4.98 Å². The van der Waals surface area contributed by atoms with Crippen LogP contribution in [0.3, 0.4) is 0 Å². The fourth-order valence-electron chi connectivity index (χ4n) is 1.52. The lowest BCUT2D eigenvalue weighted by Crippen LogP contribution is -2.22. The summed E-state index contributed by atoms with van der Waals surface area (Å²) in [4.78, 5) is 29.8. The average Bonchev–Trinajstić information content (AvgIpc) is 2.36. The largest absolute Gasteiger partial charge is 0.481 e. The fourth-order valence-corrected chi connectivity index (χ4v) is 1.52. The zero-order valence-corrected chi connectivity index (χ0v) is 10.6. The third-order valence-electron chi connectivity index (χ3n) is 2.39. The number of hydrogen-bond donors (Lipinski definition) is 1. The second-order valence-corrected chi connectivity index (χ2v) is 3.73. The lowest BCUT2D eigenvalue weighted by molar-refractivity contribution is -0.385. The maximum Gasteiger partial charge on any atom is 0.372 e. The second kappa shape index (κ2) is 6.47. The lowest BCUT2D eigenvalue weighted by atomic mass is 10.3. The molecule has 0 aliphatic rings. The Morgan fingerprint density at radius 3 is 2.79 bits per heavy atom. The Bertz CT molecular complexity index is 479. The Kier molecular flexibility index (Phi) is 4.98. The van der Waals surface area contributed by atoms with Crippen LogP contribution in [-0.2, 0) is 4.79 Å². The minimum atomic E-state index is -0.914. The molecule has 1 aromatic rings. The van der Waals surface area contributed by atoms with Crippen LogP contribution in [0.2, 0.25) is 0 Å². The molecule has 19 heavy (non-hydrogen) atoms. The number of methoxy groups -OCH3 is 1. The van der Waals surface area contributed by atoms with E-state index in [1.165, 1.54) is 12.0 Å². The Hall–Kier alpha value is -2.45. The Morgan fingerprint density at radius 1 is 1.58 bits per heavy atom. The van der Waals surface area contributed by atoms with Crippen molar-refractivity contribution >= 4 is 17.5 Å². The van der Waals surface area contributed by atoms with Crippen molar-refractivity contribution in [2.24, 2.45) is 0 Å². The molecule has 0 aliphatic heterocycles. The topological polar surface area (TPSA) is 119 Å². The number of ether oxygens (including phenoxy) is 1. The van der Waals surface area contributed by atoms with E-state index in [0.29, 0.717) is 13.0 Å². The predicted molar refractivity (Wildman–Crippen MR) is 65.4 cm³/mol.